The molecule has 25 heavy (non-hydrogen) atoms. The van der Waals surface area contributed by atoms with Gasteiger partial charge in [0.2, 0.25) is 11.8 Å². The first-order chi connectivity index (χ1) is 12.1. The minimum Gasteiger partial charge on any atom is -0.345 e. The lowest BCUT2D eigenvalue weighted by Crippen LogP contribution is -2.50. The fraction of sp³-hybridized carbons (Fsp3) is 0.737. The number of carbonyl (C=O) groups excluding carboxylic acids is 2. The Morgan fingerprint density at radius 2 is 2.04 bits per heavy atom. The first-order valence-corrected chi connectivity index (χ1v) is 9.67. The number of aromatic nitrogens is 2. The molecule has 6 nitrogen and oxygen atoms in total. The van der Waals surface area contributed by atoms with Gasteiger partial charge in [0.1, 0.15) is 0 Å². The van der Waals surface area contributed by atoms with E-state index >= 15 is 0 Å². The number of nitrogens with one attached hydrogen (secondary N) is 1. The molecule has 1 aromatic heterocycles. The van der Waals surface area contributed by atoms with Crippen molar-refractivity contribution in [1.29, 1.82) is 0 Å². The van der Waals surface area contributed by atoms with Crippen LogP contribution in [-0.4, -0.2) is 58.0 Å². The molecule has 1 saturated heterocycles. The van der Waals surface area contributed by atoms with Crippen LogP contribution >= 0.6 is 0 Å². The molecule has 1 N–H and O–H groups in total. The van der Waals surface area contributed by atoms with Gasteiger partial charge in [-0.25, -0.2) is 0 Å². The molecule has 2 amide bonds. The van der Waals surface area contributed by atoms with Crippen molar-refractivity contribution in [2.45, 2.75) is 63.8 Å². The van der Waals surface area contributed by atoms with Gasteiger partial charge >= 0.3 is 0 Å². The zero-order valence-corrected chi connectivity index (χ0v) is 15.2. The number of rotatable bonds is 5. The number of amides is 2. The minimum atomic E-state index is -0.0460. The van der Waals surface area contributed by atoms with E-state index in [4.69, 9.17) is 0 Å². The van der Waals surface area contributed by atoms with E-state index in [-0.39, 0.29) is 17.7 Å². The quantitative estimate of drug-likeness (QED) is 0.832. The molecule has 1 atom stereocenters. The number of H-pyrrole nitrogens is 1. The SMILES string of the molecule is CN(CCc1cn[nH]c1)C(=O)C1CCC(=O)N(C2CCCCCC2)C1. The predicted octanol–water partition coefficient (Wildman–Crippen LogP) is 2.37. The number of hydrogen-bond acceptors (Lipinski definition) is 3. The summed E-state index contributed by atoms with van der Waals surface area (Å²) >= 11 is 0. The summed E-state index contributed by atoms with van der Waals surface area (Å²) in [6, 6.07) is 0.349. The third-order valence-corrected chi connectivity index (χ3v) is 5.73. The van der Waals surface area contributed by atoms with Crippen LogP contribution in [0.5, 0.6) is 0 Å². The van der Waals surface area contributed by atoms with Gasteiger partial charge in [0.05, 0.1) is 12.1 Å². The van der Waals surface area contributed by atoms with E-state index in [1.54, 1.807) is 6.20 Å². The molecule has 2 fully saturated rings. The van der Waals surface area contributed by atoms with Crippen molar-refractivity contribution >= 4 is 11.8 Å². The third kappa shape index (κ3) is 4.61. The predicted molar refractivity (Wildman–Crippen MR) is 95.9 cm³/mol. The maximum absolute atomic E-state index is 12.8. The molecule has 1 aliphatic carbocycles. The van der Waals surface area contributed by atoms with Crippen molar-refractivity contribution in [2.24, 2.45) is 5.92 Å². The Morgan fingerprint density at radius 1 is 1.28 bits per heavy atom. The average molecular weight is 346 g/mol. The second-order valence-electron chi connectivity index (χ2n) is 7.54. The van der Waals surface area contributed by atoms with E-state index in [9.17, 15) is 9.59 Å². The summed E-state index contributed by atoms with van der Waals surface area (Å²) in [5, 5.41) is 6.74. The minimum absolute atomic E-state index is 0.0460. The maximum atomic E-state index is 12.8. The smallest absolute Gasteiger partial charge is 0.227 e. The van der Waals surface area contributed by atoms with Crippen LogP contribution in [0.25, 0.3) is 0 Å². The summed E-state index contributed by atoms with van der Waals surface area (Å²) < 4.78 is 0. The molecular formula is C19H30N4O2. The monoisotopic (exact) mass is 346 g/mol. The molecule has 1 unspecified atom stereocenters. The van der Waals surface area contributed by atoms with Crippen LogP contribution in [0.15, 0.2) is 12.4 Å². The van der Waals surface area contributed by atoms with Crippen molar-refractivity contribution in [2.75, 3.05) is 20.1 Å². The highest BCUT2D eigenvalue weighted by molar-refractivity contribution is 5.84. The van der Waals surface area contributed by atoms with Crippen LogP contribution in [0.1, 0.15) is 56.9 Å². The Labute approximate surface area is 149 Å². The molecule has 1 aromatic rings. The summed E-state index contributed by atoms with van der Waals surface area (Å²) in [7, 11) is 1.87. The fourth-order valence-electron chi connectivity index (χ4n) is 4.13. The Hall–Kier alpha value is -1.85. The zero-order chi connectivity index (χ0) is 17.6. The molecular weight excluding hydrogens is 316 g/mol. The van der Waals surface area contributed by atoms with E-state index < -0.39 is 0 Å². The normalized spacial score (nSPS) is 22.7. The Morgan fingerprint density at radius 3 is 2.72 bits per heavy atom. The highest BCUT2D eigenvalue weighted by Crippen LogP contribution is 2.28. The van der Waals surface area contributed by atoms with Gasteiger partial charge in [0, 0.05) is 38.8 Å². The van der Waals surface area contributed by atoms with Crippen molar-refractivity contribution in [3.05, 3.63) is 18.0 Å². The highest BCUT2D eigenvalue weighted by atomic mass is 16.2. The topological polar surface area (TPSA) is 69.3 Å². The molecule has 1 saturated carbocycles. The summed E-state index contributed by atoms with van der Waals surface area (Å²) in [6.45, 7) is 1.30. The average Bonchev–Trinajstić information content (AvgIpc) is 3.00. The summed E-state index contributed by atoms with van der Waals surface area (Å²) in [4.78, 5) is 29.1. The van der Waals surface area contributed by atoms with Crippen molar-refractivity contribution in [3.8, 4) is 0 Å². The molecule has 2 heterocycles. The van der Waals surface area contributed by atoms with Crippen LogP contribution in [-0.2, 0) is 16.0 Å². The van der Waals surface area contributed by atoms with Gasteiger partial charge in [-0.3, -0.25) is 14.7 Å². The Kier molecular flexibility index (Phi) is 6.10. The number of likely N-dealkylation sites (tertiary alicyclic amines) is 1. The van der Waals surface area contributed by atoms with Gasteiger partial charge in [0.25, 0.3) is 0 Å². The maximum Gasteiger partial charge on any atom is 0.227 e. The van der Waals surface area contributed by atoms with Crippen molar-refractivity contribution in [3.63, 3.8) is 0 Å². The van der Waals surface area contributed by atoms with Crippen LogP contribution in [0.3, 0.4) is 0 Å². The number of aromatic amines is 1. The first-order valence-electron chi connectivity index (χ1n) is 9.67. The number of hydrogen-bond donors (Lipinski definition) is 1. The second kappa shape index (κ2) is 8.50. The molecule has 0 radical (unpaired) electrons. The van der Waals surface area contributed by atoms with Crippen molar-refractivity contribution < 1.29 is 9.59 Å². The van der Waals surface area contributed by atoms with E-state index in [0.29, 0.717) is 32.0 Å². The number of likely N-dealkylation sites (N-methyl/N-ethyl adjacent to an activating group) is 1. The van der Waals surface area contributed by atoms with Gasteiger partial charge in [-0.1, -0.05) is 25.7 Å². The summed E-state index contributed by atoms with van der Waals surface area (Å²) in [5.74, 6) is 0.377. The summed E-state index contributed by atoms with van der Waals surface area (Å²) in [5.41, 5.74) is 1.11. The van der Waals surface area contributed by atoms with E-state index in [0.717, 1.165) is 24.8 Å². The van der Waals surface area contributed by atoms with E-state index in [1.807, 2.05) is 23.0 Å². The molecule has 138 valence electrons. The standard InChI is InChI=1S/C19H30N4O2/c1-22(11-10-15-12-20-21-13-15)19(25)16-8-9-18(24)23(14-16)17-6-4-2-3-5-7-17/h12-13,16-17H,2-11,14H2,1H3,(H,20,21). The van der Waals surface area contributed by atoms with Crippen LogP contribution < -0.4 is 0 Å². The number of nitrogens with zero attached hydrogens (tertiary/aromatic N) is 3. The Balaban J connectivity index is 1.55. The lowest BCUT2D eigenvalue weighted by Gasteiger charge is -2.38. The van der Waals surface area contributed by atoms with Gasteiger partial charge in [-0.05, 0) is 31.2 Å². The lowest BCUT2D eigenvalue weighted by atomic mass is 9.93. The fourth-order valence-corrected chi connectivity index (χ4v) is 4.13. The van der Waals surface area contributed by atoms with Crippen LogP contribution in [0.4, 0.5) is 0 Å². The van der Waals surface area contributed by atoms with Gasteiger partial charge in [0.15, 0.2) is 0 Å². The Bertz CT molecular complexity index is 564. The molecule has 2 aliphatic rings. The number of piperidine rings is 1. The van der Waals surface area contributed by atoms with E-state index in [1.165, 1.54) is 25.7 Å². The molecule has 0 bridgehead atoms. The third-order valence-electron chi connectivity index (χ3n) is 5.73. The molecule has 1 aliphatic heterocycles. The molecule has 0 spiro atoms. The van der Waals surface area contributed by atoms with E-state index in [2.05, 4.69) is 10.2 Å². The van der Waals surface area contributed by atoms with Crippen LogP contribution in [0.2, 0.25) is 0 Å². The second-order valence-corrected chi connectivity index (χ2v) is 7.54. The molecule has 6 heteroatoms. The van der Waals surface area contributed by atoms with Gasteiger partial charge < -0.3 is 9.80 Å². The molecule has 0 aromatic carbocycles. The largest absolute Gasteiger partial charge is 0.345 e. The summed E-state index contributed by atoms with van der Waals surface area (Å²) in [6.07, 6.45) is 12.8. The highest BCUT2D eigenvalue weighted by Gasteiger charge is 2.35. The van der Waals surface area contributed by atoms with Gasteiger partial charge in [-0.15, -0.1) is 0 Å². The molecule has 3 rings (SSSR count). The zero-order valence-electron chi connectivity index (χ0n) is 15.2. The van der Waals surface area contributed by atoms with Gasteiger partial charge in [-0.2, -0.15) is 5.10 Å². The first kappa shape index (κ1) is 18.0. The van der Waals surface area contributed by atoms with Crippen LogP contribution in [0, 0.1) is 5.92 Å². The number of carbonyl (C=O) groups is 2. The van der Waals surface area contributed by atoms with Crippen molar-refractivity contribution in [1.82, 2.24) is 20.0 Å². The lowest BCUT2D eigenvalue weighted by molar-refractivity contribution is -0.144.